The van der Waals surface area contributed by atoms with Crippen molar-refractivity contribution in [1.82, 2.24) is 4.90 Å². The van der Waals surface area contributed by atoms with Crippen LogP contribution in [0.25, 0.3) is 11.1 Å². The highest BCUT2D eigenvalue weighted by molar-refractivity contribution is 6.17. The number of carbonyl (C=O) groups is 2. The Hall–Kier alpha value is -2.92. The summed E-state index contributed by atoms with van der Waals surface area (Å²) in [6, 6.07) is 14.3. The SMILES string of the molecule is O=C1C=C(Nc2ccc3c(c2)Cc2ccccc2-3)C(=O)N1CCO. The second-order valence-electron chi connectivity index (χ2n) is 5.91. The Balaban J connectivity index is 1.58. The molecule has 0 aromatic heterocycles. The van der Waals surface area contributed by atoms with Gasteiger partial charge in [-0.25, -0.2) is 0 Å². The number of hydrogen-bond acceptors (Lipinski definition) is 4. The largest absolute Gasteiger partial charge is 0.395 e. The molecule has 1 heterocycles. The Morgan fingerprint density at radius 1 is 1.04 bits per heavy atom. The zero-order valence-electron chi connectivity index (χ0n) is 13.0. The van der Waals surface area contributed by atoms with Crippen LogP contribution in [-0.2, 0) is 16.0 Å². The van der Waals surface area contributed by atoms with Crippen molar-refractivity contribution < 1.29 is 14.7 Å². The molecular weight excluding hydrogens is 304 g/mol. The molecule has 5 heteroatoms. The average Bonchev–Trinajstić information content (AvgIpc) is 3.07. The summed E-state index contributed by atoms with van der Waals surface area (Å²) >= 11 is 0. The summed E-state index contributed by atoms with van der Waals surface area (Å²) in [5.74, 6) is -0.803. The smallest absolute Gasteiger partial charge is 0.277 e. The van der Waals surface area contributed by atoms with Crippen LogP contribution in [0.4, 0.5) is 5.69 Å². The number of carbonyl (C=O) groups excluding carboxylic acids is 2. The van der Waals surface area contributed by atoms with Gasteiger partial charge >= 0.3 is 0 Å². The quantitative estimate of drug-likeness (QED) is 0.721. The van der Waals surface area contributed by atoms with Crippen molar-refractivity contribution in [2.75, 3.05) is 18.5 Å². The minimum Gasteiger partial charge on any atom is -0.395 e. The topological polar surface area (TPSA) is 69.6 Å². The highest BCUT2D eigenvalue weighted by Gasteiger charge is 2.30. The zero-order chi connectivity index (χ0) is 16.7. The fraction of sp³-hybridized carbons (Fsp3) is 0.158. The maximum Gasteiger partial charge on any atom is 0.277 e. The van der Waals surface area contributed by atoms with Crippen molar-refractivity contribution in [1.29, 1.82) is 0 Å². The normalized spacial score (nSPS) is 15.4. The van der Waals surface area contributed by atoms with Gasteiger partial charge in [0.1, 0.15) is 5.70 Å². The molecule has 2 aliphatic rings. The van der Waals surface area contributed by atoms with Crippen molar-refractivity contribution in [2.45, 2.75) is 6.42 Å². The molecule has 0 fully saturated rings. The van der Waals surface area contributed by atoms with Crippen LogP contribution in [0.15, 0.2) is 54.2 Å². The lowest BCUT2D eigenvalue weighted by Crippen LogP contribution is -2.34. The second-order valence-corrected chi connectivity index (χ2v) is 5.91. The highest BCUT2D eigenvalue weighted by Crippen LogP contribution is 2.37. The Morgan fingerprint density at radius 3 is 2.67 bits per heavy atom. The van der Waals surface area contributed by atoms with E-state index in [1.807, 2.05) is 30.3 Å². The number of rotatable bonds is 4. The number of fused-ring (bicyclic) bond motifs is 3. The van der Waals surface area contributed by atoms with E-state index in [4.69, 9.17) is 5.11 Å². The molecule has 2 aromatic rings. The van der Waals surface area contributed by atoms with E-state index in [9.17, 15) is 9.59 Å². The van der Waals surface area contributed by atoms with Crippen LogP contribution in [0.5, 0.6) is 0 Å². The van der Waals surface area contributed by atoms with Gasteiger partial charge in [0, 0.05) is 11.8 Å². The van der Waals surface area contributed by atoms with Crippen molar-refractivity contribution in [2.24, 2.45) is 0 Å². The lowest BCUT2D eigenvalue weighted by atomic mass is 10.1. The Bertz CT molecular complexity index is 886. The van der Waals surface area contributed by atoms with Crippen LogP contribution in [0, 0.1) is 0 Å². The van der Waals surface area contributed by atoms with Gasteiger partial charge < -0.3 is 10.4 Å². The van der Waals surface area contributed by atoms with Crippen LogP contribution in [0.1, 0.15) is 11.1 Å². The van der Waals surface area contributed by atoms with E-state index in [0.29, 0.717) is 0 Å². The monoisotopic (exact) mass is 320 g/mol. The molecule has 5 nitrogen and oxygen atoms in total. The van der Waals surface area contributed by atoms with Gasteiger partial charge in [-0.1, -0.05) is 30.3 Å². The van der Waals surface area contributed by atoms with Crippen LogP contribution in [-0.4, -0.2) is 35.0 Å². The van der Waals surface area contributed by atoms with E-state index < -0.39 is 11.8 Å². The number of amides is 2. The number of aliphatic hydroxyl groups excluding tert-OH is 1. The van der Waals surface area contributed by atoms with Gasteiger partial charge in [0.15, 0.2) is 0 Å². The fourth-order valence-corrected chi connectivity index (χ4v) is 3.29. The Morgan fingerprint density at radius 2 is 1.83 bits per heavy atom. The predicted molar refractivity (Wildman–Crippen MR) is 90.2 cm³/mol. The molecule has 120 valence electrons. The van der Waals surface area contributed by atoms with Gasteiger partial charge in [0.05, 0.1) is 13.2 Å². The molecule has 24 heavy (non-hydrogen) atoms. The lowest BCUT2D eigenvalue weighted by Gasteiger charge is -2.13. The molecule has 1 aliphatic carbocycles. The first-order chi connectivity index (χ1) is 11.7. The van der Waals surface area contributed by atoms with E-state index in [0.717, 1.165) is 17.0 Å². The molecule has 0 radical (unpaired) electrons. The summed E-state index contributed by atoms with van der Waals surface area (Å²) in [5.41, 5.74) is 5.97. The van der Waals surface area contributed by atoms with E-state index in [1.165, 1.54) is 28.3 Å². The number of imide groups is 1. The predicted octanol–water partition coefficient (Wildman–Crippen LogP) is 1.91. The summed E-state index contributed by atoms with van der Waals surface area (Å²) in [6.45, 7) is -0.228. The molecule has 0 saturated carbocycles. The van der Waals surface area contributed by atoms with Crippen LogP contribution in [0.2, 0.25) is 0 Å². The maximum atomic E-state index is 12.2. The van der Waals surface area contributed by atoms with Gasteiger partial charge in [-0.15, -0.1) is 0 Å². The molecule has 0 spiro atoms. The summed E-state index contributed by atoms with van der Waals surface area (Å²) < 4.78 is 0. The number of nitrogens with zero attached hydrogens (tertiary/aromatic N) is 1. The molecule has 0 saturated heterocycles. The number of hydrogen-bond donors (Lipinski definition) is 2. The van der Waals surface area contributed by atoms with Crippen molar-refractivity contribution >= 4 is 17.5 Å². The average molecular weight is 320 g/mol. The minimum absolute atomic E-state index is 0.0127. The second kappa shape index (κ2) is 5.62. The van der Waals surface area contributed by atoms with Crippen LogP contribution in [0.3, 0.4) is 0 Å². The van der Waals surface area contributed by atoms with Crippen molar-refractivity contribution in [3.63, 3.8) is 0 Å². The van der Waals surface area contributed by atoms with Crippen LogP contribution >= 0.6 is 0 Å². The van der Waals surface area contributed by atoms with E-state index in [1.54, 1.807) is 0 Å². The number of aliphatic hydroxyl groups is 1. The molecular formula is C19H16N2O3. The highest BCUT2D eigenvalue weighted by atomic mass is 16.3. The zero-order valence-corrected chi connectivity index (χ0v) is 13.0. The van der Waals surface area contributed by atoms with Gasteiger partial charge in [0.2, 0.25) is 0 Å². The molecule has 2 N–H and O–H groups in total. The van der Waals surface area contributed by atoms with Crippen LogP contribution < -0.4 is 5.32 Å². The summed E-state index contributed by atoms with van der Waals surface area (Å²) in [4.78, 5) is 25.0. The molecule has 2 aromatic carbocycles. The Kier molecular flexibility index (Phi) is 3.43. The third-order valence-electron chi connectivity index (χ3n) is 4.41. The van der Waals surface area contributed by atoms with Gasteiger partial charge in [-0.05, 0) is 40.8 Å². The lowest BCUT2D eigenvalue weighted by molar-refractivity contribution is -0.137. The van der Waals surface area contributed by atoms with Gasteiger partial charge in [-0.2, -0.15) is 0 Å². The number of anilines is 1. The number of benzene rings is 2. The van der Waals surface area contributed by atoms with E-state index in [2.05, 4.69) is 17.4 Å². The van der Waals surface area contributed by atoms with Crippen molar-refractivity contribution in [3.05, 3.63) is 65.4 Å². The van der Waals surface area contributed by atoms with E-state index in [-0.39, 0.29) is 18.8 Å². The van der Waals surface area contributed by atoms with Gasteiger partial charge in [0.25, 0.3) is 11.8 Å². The van der Waals surface area contributed by atoms with Gasteiger partial charge in [-0.3, -0.25) is 14.5 Å². The molecule has 2 amide bonds. The first kappa shape index (κ1) is 14.7. The first-order valence-corrected chi connectivity index (χ1v) is 7.84. The van der Waals surface area contributed by atoms with E-state index >= 15 is 0 Å². The third-order valence-corrected chi connectivity index (χ3v) is 4.41. The Labute approximate surface area is 139 Å². The standard InChI is InChI=1S/C19H16N2O3/c22-8-7-21-18(23)11-17(19(21)24)20-14-5-6-16-13(10-14)9-12-3-1-2-4-15(12)16/h1-6,10-11,20,22H,7-9H2. The molecule has 0 bridgehead atoms. The minimum atomic E-state index is -0.405. The van der Waals surface area contributed by atoms with Crippen molar-refractivity contribution in [3.8, 4) is 11.1 Å². The summed E-state index contributed by atoms with van der Waals surface area (Å²) in [6.07, 6.45) is 2.14. The third kappa shape index (κ3) is 2.30. The fourth-order valence-electron chi connectivity index (χ4n) is 3.29. The summed E-state index contributed by atoms with van der Waals surface area (Å²) in [5, 5.41) is 12.0. The molecule has 1 aliphatic heterocycles. The number of nitrogens with one attached hydrogen (secondary N) is 1. The maximum absolute atomic E-state index is 12.2. The first-order valence-electron chi connectivity index (χ1n) is 7.84. The molecule has 0 unspecified atom stereocenters. The molecule has 0 atom stereocenters. The number of β-amino-alcohol motifs (C(OH)–C–C–N with tert-alkyl or cyclic N) is 1. The molecule has 4 rings (SSSR count). The summed E-state index contributed by atoms with van der Waals surface area (Å²) in [7, 11) is 0.